The van der Waals surface area contributed by atoms with Crippen molar-refractivity contribution in [2.75, 3.05) is 7.11 Å². The second-order valence-corrected chi connectivity index (χ2v) is 3.79. The van der Waals surface area contributed by atoms with Gasteiger partial charge in [0.15, 0.2) is 0 Å². The molecule has 0 bridgehead atoms. The van der Waals surface area contributed by atoms with Crippen LogP contribution in [0.5, 0.6) is 5.88 Å². The number of aromatic nitrogens is 5. The van der Waals surface area contributed by atoms with E-state index in [0.717, 1.165) is 5.69 Å². The molecule has 0 aliphatic carbocycles. The van der Waals surface area contributed by atoms with E-state index in [1.54, 1.807) is 24.3 Å². The van der Waals surface area contributed by atoms with Crippen LogP contribution in [0.2, 0.25) is 0 Å². The van der Waals surface area contributed by atoms with Crippen molar-refractivity contribution in [1.29, 1.82) is 0 Å². The second kappa shape index (κ2) is 4.85. The topological polar surface area (TPSA) is 65.7 Å². The first-order chi connectivity index (χ1) is 9.36. The maximum absolute atomic E-state index is 5.03. The summed E-state index contributed by atoms with van der Waals surface area (Å²) in [6.07, 6.45) is 4.79. The Balaban J connectivity index is 1.97. The number of rotatable bonds is 3. The Morgan fingerprint density at radius 1 is 1.11 bits per heavy atom. The molecule has 3 aromatic rings. The van der Waals surface area contributed by atoms with Crippen LogP contribution >= 0.6 is 0 Å². The molecule has 0 unspecified atom stereocenters. The van der Waals surface area contributed by atoms with Gasteiger partial charge in [-0.05, 0) is 12.1 Å². The fourth-order valence-corrected chi connectivity index (χ4v) is 1.64. The van der Waals surface area contributed by atoms with Gasteiger partial charge in [0.2, 0.25) is 11.7 Å². The van der Waals surface area contributed by atoms with Gasteiger partial charge in [0.05, 0.1) is 25.2 Å². The van der Waals surface area contributed by atoms with Crippen LogP contribution in [0.15, 0.2) is 49.1 Å². The van der Waals surface area contributed by atoms with E-state index in [0.29, 0.717) is 17.4 Å². The summed E-state index contributed by atoms with van der Waals surface area (Å²) in [4.78, 5) is 12.5. The number of hydrogen-bond acceptors (Lipinski definition) is 5. The predicted molar refractivity (Wildman–Crippen MR) is 68.9 cm³/mol. The van der Waals surface area contributed by atoms with E-state index in [-0.39, 0.29) is 0 Å². The maximum atomic E-state index is 5.03. The van der Waals surface area contributed by atoms with Gasteiger partial charge in [-0.3, -0.25) is 4.98 Å². The SMILES string of the molecule is COc1cncc(-c2ncn(-c3ccccc3)n2)n1. The molecule has 6 heteroatoms. The highest BCUT2D eigenvalue weighted by Crippen LogP contribution is 2.15. The molecule has 6 nitrogen and oxygen atoms in total. The van der Waals surface area contributed by atoms with Gasteiger partial charge >= 0.3 is 0 Å². The van der Waals surface area contributed by atoms with E-state index < -0.39 is 0 Å². The highest BCUT2D eigenvalue weighted by molar-refractivity contribution is 5.47. The Labute approximate surface area is 109 Å². The molecule has 0 amide bonds. The van der Waals surface area contributed by atoms with Gasteiger partial charge in [-0.15, -0.1) is 5.10 Å². The minimum absolute atomic E-state index is 0.438. The van der Waals surface area contributed by atoms with Crippen LogP contribution in [0.1, 0.15) is 0 Å². The summed E-state index contributed by atoms with van der Waals surface area (Å²) in [6.45, 7) is 0. The molecule has 2 aromatic heterocycles. The molecule has 2 heterocycles. The highest BCUT2D eigenvalue weighted by Gasteiger charge is 2.08. The number of ether oxygens (including phenoxy) is 1. The number of hydrogen-bond donors (Lipinski definition) is 0. The van der Waals surface area contributed by atoms with Gasteiger partial charge in [-0.2, -0.15) is 0 Å². The normalized spacial score (nSPS) is 10.4. The first-order valence-electron chi connectivity index (χ1n) is 5.70. The van der Waals surface area contributed by atoms with Crippen LogP contribution in [0, 0.1) is 0 Å². The Bertz CT molecular complexity index is 680. The standard InChI is InChI=1S/C13H11N5O/c1-19-12-8-14-7-11(16-12)13-15-9-18(17-13)10-5-3-2-4-6-10/h2-9H,1H3. The molecule has 0 fully saturated rings. The molecular weight excluding hydrogens is 242 g/mol. The molecule has 0 aliphatic heterocycles. The van der Waals surface area contributed by atoms with E-state index in [1.165, 1.54) is 6.20 Å². The van der Waals surface area contributed by atoms with Crippen molar-refractivity contribution in [2.45, 2.75) is 0 Å². The van der Waals surface area contributed by atoms with E-state index >= 15 is 0 Å². The smallest absolute Gasteiger partial charge is 0.232 e. The lowest BCUT2D eigenvalue weighted by molar-refractivity contribution is 0.396. The van der Waals surface area contributed by atoms with Gasteiger partial charge < -0.3 is 4.74 Å². The monoisotopic (exact) mass is 253 g/mol. The summed E-state index contributed by atoms with van der Waals surface area (Å²) in [6, 6.07) is 9.75. The maximum Gasteiger partial charge on any atom is 0.232 e. The minimum Gasteiger partial charge on any atom is -0.480 e. The Morgan fingerprint density at radius 3 is 2.74 bits per heavy atom. The third-order valence-electron chi connectivity index (χ3n) is 2.56. The molecule has 0 aliphatic rings. The molecular formula is C13H11N5O. The van der Waals surface area contributed by atoms with Gasteiger partial charge in [0.1, 0.15) is 12.0 Å². The van der Waals surface area contributed by atoms with Crippen LogP contribution < -0.4 is 4.74 Å². The molecule has 94 valence electrons. The minimum atomic E-state index is 0.438. The molecule has 0 spiro atoms. The largest absolute Gasteiger partial charge is 0.480 e. The molecule has 19 heavy (non-hydrogen) atoms. The Hall–Kier alpha value is -2.76. The molecule has 1 aromatic carbocycles. The van der Waals surface area contributed by atoms with Gasteiger partial charge in [-0.25, -0.2) is 14.6 Å². The zero-order valence-corrected chi connectivity index (χ0v) is 10.3. The number of para-hydroxylation sites is 1. The van der Waals surface area contributed by atoms with Crippen molar-refractivity contribution in [3.63, 3.8) is 0 Å². The fourth-order valence-electron chi connectivity index (χ4n) is 1.64. The third kappa shape index (κ3) is 2.28. The molecule has 3 rings (SSSR count). The van der Waals surface area contributed by atoms with E-state index in [9.17, 15) is 0 Å². The van der Waals surface area contributed by atoms with E-state index in [2.05, 4.69) is 20.1 Å². The summed E-state index contributed by atoms with van der Waals surface area (Å²) in [5.74, 6) is 0.948. The summed E-state index contributed by atoms with van der Waals surface area (Å²) >= 11 is 0. The van der Waals surface area contributed by atoms with Gasteiger partial charge in [0, 0.05) is 0 Å². The lowest BCUT2D eigenvalue weighted by Gasteiger charge is -1.99. The number of nitrogens with zero attached hydrogens (tertiary/aromatic N) is 5. The van der Waals surface area contributed by atoms with Crippen LogP contribution in [0.25, 0.3) is 17.2 Å². The first-order valence-corrected chi connectivity index (χ1v) is 5.70. The van der Waals surface area contributed by atoms with Crippen molar-refractivity contribution >= 4 is 0 Å². The van der Waals surface area contributed by atoms with Crippen molar-refractivity contribution < 1.29 is 4.74 Å². The van der Waals surface area contributed by atoms with Crippen LogP contribution in [-0.4, -0.2) is 31.8 Å². The quantitative estimate of drug-likeness (QED) is 0.711. The van der Waals surface area contributed by atoms with Crippen molar-refractivity contribution in [3.8, 4) is 23.1 Å². The number of methoxy groups -OCH3 is 1. The van der Waals surface area contributed by atoms with Crippen LogP contribution in [-0.2, 0) is 0 Å². The van der Waals surface area contributed by atoms with Crippen molar-refractivity contribution in [1.82, 2.24) is 24.7 Å². The molecule has 0 atom stereocenters. The molecule has 0 radical (unpaired) electrons. The Kier molecular flexibility index (Phi) is 2.89. The zero-order chi connectivity index (χ0) is 13.1. The van der Waals surface area contributed by atoms with E-state index in [4.69, 9.17) is 4.74 Å². The van der Waals surface area contributed by atoms with Crippen LogP contribution in [0.3, 0.4) is 0 Å². The number of benzene rings is 1. The van der Waals surface area contributed by atoms with Crippen molar-refractivity contribution in [3.05, 3.63) is 49.1 Å². The Morgan fingerprint density at radius 2 is 1.95 bits per heavy atom. The molecule has 0 saturated carbocycles. The average molecular weight is 253 g/mol. The second-order valence-electron chi connectivity index (χ2n) is 3.79. The summed E-state index contributed by atoms with van der Waals surface area (Å²) in [5, 5.41) is 4.37. The third-order valence-corrected chi connectivity index (χ3v) is 2.56. The lowest BCUT2D eigenvalue weighted by Crippen LogP contribution is -1.96. The highest BCUT2D eigenvalue weighted by atomic mass is 16.5. The van der Waals surface area contributed by atoms with Crippen molar-refractivity contribution in [2.24, 2.45) is 0 Å². The lowest BCUT2D eigenvalue weighted by atomic mass is 10.3. The molecule has 0 N–H and O–H groups in total. The van der Waals surface area contributed by atoms with Crippen LogP contribution in [0.4, 0.5) is 0 Å². The summed E-state index contributed by atoms with van der Waals surface area (Å²) in [5.41, 5.74) is 1.52. The average Bonchev–Trinajstić information content (AvgIpc) is 2.98. The summed E-state index contributed by atoms with van der Waals surface area (Å²) in [7, 11) is 1.55. The summed E-state index contributed by atoms with van der Waals surface area (Å²) < 4.78 is 6.72. The van der Waals surface area contributed by atoms with E-state index in [1.807, 2.05) is 30.3 Å². The molecule has 0 saturated heterocycles. The zero-order valence-electron chi connectivity index (χ0n) is 10.3. The fraction of sp³-hybridized carbons (Fsp3) is 0.0769. The first kappa shape index (κ1) is 11.3. The predicted octanol–water partition coefficient (Wildman–Crippen LogP) is 1.73. The van der Waals surface area contributed by atoms with Gasteiger partial charge in [0.25, 0.3) is 0 Å². The van der Waals surface area contributed by atoms with Gasteiger partial charge in [-0.1, -0.05) is 18.2 Å².